The summed E-state index contributed by atoms with van der Waals surface area (Å²) in [5.74, 6) is -0.353. The lowest BCUT2D eigenvalue weighted by atomic mass is 10.1. The molecule has 92 valence electrons. The number of carbonyl (C=O) groups excluding carboxylic acids is 1. The van der Waals surface area contributed by atoms with Crippen molar-refractivity contribution in [1.82, 2.24) is 5.32 Å². The Hall–Kier alpha value is -1.85. The fourth-order valence-corrected chi connectivity index (χ4v) is 1.25. The molecule has 0 bridgehead atoms. The van der Waals surface area contributed by atoms with Crippen molar-refractivity contribution in [1.29, 1.82) is 0 Å². The van der Waals surface area contributed by atoms with E-state index in [9.17, 15) is 4.79 Å². The van der Waals surface area contributed by atoms with Gasteiger partial charge in [-0.1, -0.05) is 12.1 Å². The molecular weight excluding hydrogens is 220 g/mol. The third kappa shape index (κ3) is 5.70. The van der Waals surface area contributed by atoms with Crippen molar-refractivity contribution in [3.8, 4) is 0 Å². The molecule has 1 aromatic carbocycles. The first kappa shape index (κ1) is 13.2. The normalized spacial score (nSPS) is 11.0. The summed E-state index contributed by atoms with van der Waals surface area (Å²) < 4.78 is 0. The molecule has 0 saturated carbocycles. The second-order valence-electron chi connectivity index (χ2n) is 3.56. The number of aliphatic hydroxyl groups excluding tert-OH is 1. The molecule has 0 aliphatic carbocycles. The van der Waals surface area contributed by atoms with Gasteiger partial charge in [-0.15, -0.1) is 0 Å². The highest BCUT2D eigenvalue weighted by atomic mass is 16.5. The van der Waals surface area contributed by atoms with Gasteiger partial charge in [-0.3, -0.25) is 4.79 Å². The van der Waals surface area contributed by atoms with E-state index in [1.54, 1.807) is 12.1 Å². The Morgan fingerprint density at radius 3 is 2.59 bits per heavy atom. The van der Waals surface area contributed by atoms with Gasteiger partial charge >= 0.3 is 0 Å². The summed E-state index contributed by atoms with van der Waals surface area (Å²) in [7, 11) is 0. The quantitative estimate of drug-likeness (QED) is 0.323. The minimum Gasteiger partial charge on any atom is -0.399 e. The molecule has 1 rings (SSSR count). The van der Waals surface area contributed by atoms with Gasteiger partial charge < -0.3 is 21.3 Å². The molecule has 1 amide bonds. The number of hydrogen-bond donors (Lipinski definition) is 4. The van der Waals surface area contributed by atoms with Crippen molar-refractivity contribution in [2.75, 3.05) is 12.3 Å². The van der Waals surface area contributed by atoms with E-state index in [2.05, 4.69) is 5.32 Å². The molecule has 0 atom stereocenters. The molecule has 0 saturated heterocycles. The van der Waals surface area contributed by atoms with Crippen LogP contribution in [0.2, 0.25) is 0 Å². The van der Waals surface area contributed by atoms with Crippen molar-refractivity contribution < 1.29 is 15.0 Å². The van der Waals surface area contributed by atoms with Crippen LogP contribution < -0.4 is 11.1 Å². The maximum atomic E-state index is 11.2. The largest absolute Gasteiger partial charge is 0.399 e. The van der Waals surface area contributed by atoms with E-state index in [0.717, 1.165) is 17.7 Å². The highest BCUT2D eigenvalue weighted by molar-refractivity contribution is 5.87. The van der Waals surface area contributed by atoms with Gasteiger partial charge in [0.2, 0.25) is 5.91 Å². The van der Waals surface area contributed by atoms with Gasteiger partial charge in [-0.05, 0) is 30.2 Å². The zero-order chi connectivity index (χ0) is 12.7. The van der Waals surface area contributed by atoms with Gasteiger partial charge in [0, 0.05) is 18.3 Å². The molecule has 0 aliphatic rings. The molecule has 0 fully saturated rings. The first-order valence-electron chi connectivity index (χ1n) is 5.24. The van der Waals surface area contributed by atoms with E-state index in [-0.39, 0.29) is 5.91 Å². The Labute approximate surface area is 99.6 Å². The van der Waals surface area contributed by atoms with E-state index < -0.39 is 6.29 Å². The standard InChI is InChI=1S/C12H16N2O3/c13-10-3-1-9(2-4-10)7-8-14-11(15)5-6-12(16)17/h1-6,12,16-17H,7-8,13H2,(H,14,15)/b6-5-. The zero-order valence-corrected chi connectivity index (χ0v) is 9.34. The number of nitrogens with one attached hydrogen (secondary N) is 1. The predicted octanol–water partition coefficient (Wildman–Crippen LogP) is -0.206. The molecule has 0 heterocycles. The van der Waals surface area contributed by atoms with Gasteiger partial charge in [0.15, 0.2) is 6.29 Å². The number of nitrogen functional groups attached to an aromatic ring is 1. The fraction of sp³-hybridized carbons (Fsp3) is 0.250. The number of anilines is 1. The maximum absolute atomic E-state index is 11.2. The predicted molar refractivity (Wildman–Crippen MR) is 64.9 cm³/mol. The molecular formula is C12H16N2O3. The molecule has 1 aromatic rings. The van der Waals surface area contributed by atoms with Crippen LogP contribution >= 0.6 is 0 Å². The van der Waals surface area contributed by atoms with Gasteiger partial charge in [0.1, 0.15) is 0 Å². The molecule has 5 N–H and O–H groups in total. The van der Waals surface area contributed by atoms with Gasteiger partial charge in [0.25, 0.3) is 0 Å². The highest BCUT2D eigenvalue weighted by Crippen LogP contribution is 2.05. The molecule has 0 aromatic heterocycles. The fourth-order valence-electron chi connectivity index (χ4n) is 1.25. The summed E-state index contributed by atoms with van der Waals surface area (Å²) in [5, 5.41) is 19.6. The van der Waals surface area contributed by atoms with Crippen molar-refractivity contribution in [3.63, 3.8) is 0 Å². The van der Waals surface area contributed by atoms with Crippen molar-refractivity contribution >= 4 is 11.6 Å². The average Bonchev–Trinajstić information content (AvgIpc) is 2.29. The van der Waals surface area contributed by atoms with Crippen molar-refractivity contribution in [2.45, 2.75) is 12.7 Å². The number of carbonyl (C=O) groups is 1. The number of rotatable bonds is 5. The smallest absolute Gasteiger partial charge is 0.243 e. The number of benzene rings is 1. The Bertz CT molecular complexity index is 385. The molecule has 5 nitrogen and oxygen atoms in total. The monoisotopic (exact) mass is 236 g/mol. The number of nitrogens with two attached hydrogens (primary N) is 1. The van der Waals surface area contributed by atoms with Crippen LogP contribution in [0.5, 0.6) is 0 Å². The first-order valence-corrected chi connectivity index (χ1v) is 5.24. The topological polar surface area (TPSA) is 95.6 Å². The third-order valence-corrected chi connectivity index (χ3v) is 2.11. The summed E-state index contributed by atoms with van der Waals surface area (Å²) in [5.41, 5.74) is 7.33. The minimum atomic E-state index is -1.60. The van der Waals surface area contributed by atoms with Crippen LogP contribution in [0, 0.1) is 0 Å². The van der Waals surface area contributed by atoms with Crippen LogP contribution in [0.15, 0.2) is 36.4 Å². The van der Waals surface area contributed by atoms with E-state index in [4.69, 9.17) is 15.9 Å². The molecule has 0 unspecified atom stereocenters. The Morgan fingerprint density at radius 1 is 1.35 bits per heavy atom. The van der Waals surface area contributed by atoms with Crippen LogP contribution in [-0.4, -0.2) is 29.0 Å². The first-order chi connectivity index (χ1) is 8.08. The minimum absolute atomic E-state index is 0.353. The third-order valence-electron chi connectivity index (χ3n) is 2.11. The lowest BCUT2D eigenvalue weighted by molar-refractivity contribution is -0.116. The summed E-state index contributed by atoms with van der Waals surface area (Å²) in [6, 6.07) is 7.40. The van der Waals surface area contributed by atoms with E-state index in [0.29, 0.717) is 18.7 Å². The molecule has 5 heteroatoms. The van der Waals surface area contributed by atoms with Gasteiger partial charge in [-0.2, -0.15) is 0 Å². The highest BCUT2D eigenvalue weighted by Gasteiger charge is 1.97. The van der Waals surface area contributed by atoms with Crippen LogP contribution in [-0.2, 0) is 11.2 Å². The molecule has 17 heavy (non-hydrogen) atoms. The Morgan fingerprint density at radius 2 is 2.00 bits per heavy atom. The average molecular weight is 236 g/mol. The summed E-state index contributed by atoms with van der Waals surface area (Å²) in [4.78, 5) is 11.2. The number of amides is 1. The lowest BCUT2D eigenvalue weighted by Crippen LogP contribution is -2.24. The maximum Gasteiger partial charge on any atom is 0.243 e. The van der Waals surface area contributed by atoms with E-state index in [1.165, 1.54) is 0 Å². The SMILES string of the molecule is Nc1ccc(CCNC(=O)/C=C\C(O)O)cc1. The van der Waals surface area contributed by atoms with E-state index >= 15 is 0 Å². The van der Waals surface area contributed by atoms with Crippen LogP contribution in [0.3, 0.4) is 0 Å². The summed E-state index contributed by atoms with van der Waals surface area (Å²) in [6.45, 7) is 0.481. The lowest BCUT2D eigenvalue weighted by Gasteiger charge is -2.03. The molecule has 0 aliphatic heterocycles. The molecule has 0 spiro atoms. The second-order valence-corrected chi connectivity index (χ2v) is 3.56. The van der Waals surface area contributed by atoms with Crippen LogP contribution in [0.4, 0.5) is 5.69 Å². The Kier molecular flexibility index (Phi) is 5.19. The summed E-state index contributed by atoms with van der Waals surface area (Å²) >= 11 is 0. The Balaban J connectivity index is 2.28. The van der Waals surface area contributed by atoms with Gasteiger partial charge in [-0.25, -0.2) is 0 Å². The van der Waals surface area contributed by atoms with Crippen molar-refractivity contribution in [3.05, 3.63) is 42.0 Å². The van der Waals surface area contributed by atoms with Crippen molar-refractivity contribution in [2.24, 2.45) is 0 Å². The van der Waals surface area contributed by atoms with Gasteiger partial charge in [0.05, 0.1) is 0 Å². The van der Waals surface area contributed by atoms with E-state index in [1.807, 2.05) is 12.1 Å². The second kappa shape index (κ2) is 6.67. The number of hydrogen-bond acceptors (Lipinski definition) is 4. The van der Waals surface area contributed by atoms with Crippen LogP contribution in [0.1, 0.15) is 5.56 Å². The van der Waals surface area contributed by atoms with Crippen LogP contribution in [0.25, 0.3) is 0 Å². The summed E-state index contributed by atoms with van der Waals surface area (Å²) in [6.07, 6.45) is 1.19. The molecule has 0 radical (unpaired) electrons. The number of aliphatic hydroxyl groups is 2. The zero-order valence-electron chi connectivity index (χ0n) is 9.34.